The predicted octanol–water partition coefficient (Wildman–Crippen LogP) is 4.51. The number of nitrogens with two attached hydrogens (primary N) is 1. The third kappa shape index (κ3) is 3.14. The van der Waals surface area contributed by atoms with Gasteiger partial charge in [-0.25, -0.2) is 0 Å². The molecular formula is C16H24Cl2N2. The van der Waals surface area contributed by atoms with Gasteiger partial charge in [0, 0.05) is 19.1 Å². The molecule has 0 bridgehead atoms. The summed E-state index contributed by atoms with van der Waals surface area (Å²) in [5.74, 6) is 0. The van der Waals surface area contributed by atoms with Gasteiger partial charge in [0.2, 0.25) is 0 Å². The molecule has 1 aliphatic rings. The zero-order valence-electron chi connectivity index (χ0n) is 12.3. The molecule has 1 aliphatic heterocycles. The van der Waals surface area contributed by atoms with Crippen molar-refractivity contribution < 1.29 is 0 Å². The van der Waals surface area contributed by atoms with E-state index in [2.05, 4.69) is 18.7 Å². The van der Waals surface area contributed by atoms with Crippen LogP contribution in [-0.4, -0.2) is 24.5 Å². The first-order valence-electron chi connectivity index (χ1n) is 7.44. The first-order valence-corrected chi connectivity index (χ1v) is 8.20. The van der Waals surface area contributed by atoms with Crippen LogP contribution in [0, 0.1) is 5.41 Å². The highest BCUT2D eigenvalue weighted by atomic mass is 35.5. The molecule has 2 rings (SSSR count). The molecule has 1 aromatic carbocycles. The van der Waals surface area contributed by atoms with E-state index in [-0.39, 0.29) is 6.04 Å². The Balaban J connectivity index is 2.19. The number of rotatable bonds is 5. The van der Waals surface area contributed by atoms with E-state index < -0.39 is 0 Å². The second kappa shape index (κ2) is 6.65. The lowest BCUT2D eigenvalue weighted by atomic mass is 9.82. The maximum Gasteiger partial charge on any atom is 0.0595 e. The molecular weight excluding hydrogens is 291 g/mol. The molecule has 2 nitrogen and oxygen atoms in total. The summed E-state index contributed by atoms with van der Waals surface area (Å²) >= 11 is 12.1. The average Bonchev–Trinajstić information content (AvgIpc) is 2.88. The second-order valence-corrected chi connectivity index (χ2v) is 6.67. The van der Waals surface area contributed by atoms with Crippen LogP contribution in [0.1, 0.15) is 44.7 Å². The number of halogens is 2. The molecule has 20 heavy (non-hydrogen) atoms. The van der Waals surface area contributed by atoms with Crippen LogP contribution in [0.25, 0.3) is 0 Å². The normalized spacial score (nSPS) is 20.2. The van der Waals surface area contributed by atoms with Gasteiger partial charge in [0.25, 0.3) is 0 Å². The Morgan fingerprint density at radius 3 is 2.45 bits per heavy atom. The van der Waals surface area contributed by atoms with E-state index in [0.717, 1.165) is 13.1 Å². The van der Waals surface area contributed by atoms with Crippen LogP contribution in [0.3, 0.4) is 0 Å². The molecule has 0 amide bonds. The fourth-order valence-electron chi connectivity index (χ4n) is 3.28. The first-order chi connectivity index (χ1) is 9.55. The van der Waals surface area contributed by atoms with Crippen LogP contribution >= 0.6 is 23.2 Å². The summed E-state index contributed by atoms with van der Waals surface area (Å²) in [5.41, 5.74) is 7.66. The topological polar surface area (TPSA) is 29.3 Å². The lowest BCUT2D eigenvalue weighted by Crippen LogP contribution is -2.34. The van der Waals surface area contributed by atoms with E-state index in [9.17, 15) is 0 Å². The van der Waals surface area contributed by atoms with Crippen LogP contribution in [-0.2, 0) is 0 Å². The summed E-state index contributed by atoms with van der Waals surface area (Å²) in [5, 5.41) is 1.21. The molecule has 1 unspecified atom stereocenters. The average molecular weight is 315 g/mol. The number of hydrogen-bond donors (Lipinski definition) is 1. The molecule has 1 aromatic rings. The Bertz CT molecular complexity index is 458. The molecule has 0 aromatic heterocycles. The van der Waals surface area contributed by atoms with Crippen molar-refractivity contribution in [3.8, 4) is 0 Å². The van der Waals surface area contributed by atoms with Crippen LogP contribution in [0.2, 0.25) is 10.0 Å². The van der Waals surface area contributed by atoms with E-state index in [4.69, 9.17) is 28.9 Å². The third-order valence-electron chi connectivity index (χ3n) is 4.96. The second-order valence-electron chi connectivity index (χ2n) is 5.85. The van der Waals surface area contributed by atoms with Crippen LogP contribution in [0.5, 0.6) is 0 Å². The largest absolute Gasteiger partial charge is 0.329 e. The highest BCUT2D eigenvalue weighted by molar-refractivity contribution is 6.42. The van der Waals surface area contributed by atoms with Gasteiger partial charge in [0.05, 0.1) is 10.0 Å². The van der Waals surface area contributed by atoms with Gasteiger partial charge in [-0.2, -0.15) is 0 Å². The molecule has 1 atom stereocenters. The van der Waals surface area contributed by atoms with Crippen molar-refractivity contribution in [2.24, 2.45) is 11.1 Å². The molecule has 0 saturated carbocycles. The van der Waals surface area contributed by atoms with E-state index in [1.807, 2.05) is 18.2 Å². The Labute approximate surface area is 132 Å². The summed E-state index contributed by atoms with van der Waals surface area (Å²) in [6.07, 6.45) is 3.73. The molecule has 0 spiro atoms. The molecule has 112 valence electrons. The predicted molar refractivity (Wildman–Crippen MR) is 87.5 cm³/mol. The highest BCUT2D eigenvalue weighted by Crippen LogP contribution is 2.40. The molecule has 2 N–H and O–H groups in total. The lowest BCUT2D eigenvalue weighted by Gasteiger charge is -2.31. The standard InChI is InChI=1S/C16H24Cl2N2/c1-3-16(4-2)7-8-20(11-16)15(10-19)12-5-6-13(17)14(18)9-12/h5-6,9,15H,3-4,7-8,10-11,19H2,1-2H3. The van der Waals surface area contributed by atoms with Crippen molar-refractivity contribution in [2.75, 3.05) is 19.6 Å². The van der Waals surface area contributed by atoms with Crippen LogP contribution < -0.4 is 5.73 Å². The number of benzene rings is 1. The molecule has 0 radical (unpaired) electrons. The summed E-state index contributed by atoms with van der Waals surface area (Å²) in [6.45, 7) is 7.45. The van der Waals surface area contributed by atoms with Gasteiger partial charge in [0.1, 0.15) is 0 Å². The van der Waals surface area contributed by atoms with Crippen LogP contribution in [0.4, 0.5) is 0 Å². The van der Waals surface area contributed by atoms with Gasteiger partial charge in [-0.15, -0.1) is 0 Å². The fourth-order valence-corrected chi connectivity index (χ4v) is 3.59. The van der Waals surface area contributed by atoms with Crippen molar-refractivity contribution in [1.82, 2.24) is 4.90 Å². The summed E-state index contributed by atoms with van der Waals surface area (Å²) in [4.78, 5) is 2.51. The Morgan fingerprint density at radius 1 is 1.25 bits per heavy atom. The van der Waals surface area contributed by atoms with Crippen molar-refractivity contribution in [2.45, 2.75) is 39.2 Å². The SMILES string of the molecule is CCC1(CC)CCN(C(CN)c2ccc(Cl)c(Cl)c2)C1. The van der Waals surface area contributed by atoms with Crippen molar-refractivity contribution in [3.05, 3.63) is 33.8 Å². The quantitative estimate of drug-likeness (QED) is 0.866. The first kappa shape index (κ1) is 16.1. The maximum atomic E-state index is 6.14. The lowest BCUT2D eigenvalue weighted by molar-refractivity contribution is 0.197. The number of likely N-dealkylation sites (tertiary alicyclic amines) is 1. The van der Waals surface area contributed by atoms with E-state index >= 15 is 0 Å². The summed E-state index contributed by atoms with van der Waals surface area (Å²) in [6, 6.07) is 6.11. The van der Waals surface area contributed by atoms with E-state index in [1.165, 1.54) is 24.8 Å². The minimum atomic E-state index is 0.241. The third-order valence-corrected chi connectivity index (χ3v) is 5.70. The Morgan fingerprint density at radius 2 is 1.95 bits per heavy atom. The minimum absolute atomic E-state index is 0.241. The van der Waals surface area contributed by atoms with Gasteiger partial charge in [-0.05, 0) is 48.9 Å². The molecule has 0 aliphatic carbocycles. The zero-order valence-corrected chi connectivity index (χ0v) is 13.8. The number of hydrogen-bond acceptors (Lipinski definition) is 2. The maximum absolute atomic E-state index is 6.14. The molecule has 1 fully saturated rings. The van der Waals surface area contributed by atoms with Gasteiger partial charge in [-0.3, -0.25) is 4.90 Å². The van der Waals surface area contributed by atoms with E-state index in [1.54, 1.807) is 0 Å². The molecule has 1 heterocycles. The summed E-state index contributed by atoms with van der Waals surface area (Å²) < 4.78 is 0. The smallest absolute Gasteiger partial charge is 0.0595 e. The van der Waals surface area contributed by atoms with Gasteiger partial charge >= 0.3 is 0 Å². The van der Waals surface area contributed by atoms with E-state index in [0.29, 0.717) is 22.0 Å². The summed E-state index contributed by atoms with van der Waals surface area (Å²) in [7, 11) is 0. The fraction of sp³-hybridized carbons (Fsp3) is 0.625. The minimum Gasteiger partial charge on any atom is -0.329 e. The highest BCUT2D eigenvalue weighted by Gasteiger charge is 2.37. The van der Waals surface area contributed by atoms with Crippen LogP contribution in [0.15, 0.2) is 18.2 Å². The van der Waals surface area contributed by atoms with Gasteiger partial charge in [-0.1, -0.05) is 43.1 Å². The van der Waals surface area contributed by atoms with Crippen molar-refractivity contribution in [3.63, 3.8) is 0 Å². The Hall–Kier alpha value is -0.280. The van der Waals surface area contributed by atoms with Gasteiger partial charge in [0.15, 0.2) is 0 Å². The molecule has 1 saturated heterocycles. The van der Waals surface area contributed by atoms with Crippen molar-refractivity contribution >= 4 is 23.2 Å². The Kier molecular flexibility index (Phi) is 5.36. The van der Waals surface area contributed by atoms with Crippen molar-refractivity contribution in [1.29, 1.82) is 0 Å². The zero-order chi connectivity index (χ0) is 14.8. The monoisotopic (exact) mass is 314 g/mol. The van der Waals surface area contributed by atoms with Gasteiger partial charge < -0.3 is 5.73 Å². The molecule has 4 heteroatoms. The number of nitrogens with zero attached hydrogens (tertiary/aromatic N) is 1.